The molecule has 2 nitrogen and oxygen atoms in total. The summed E-state index contributed by atoms with van der Waals surface area (Å²) in [6.45, 7) is 0. The molecule has 28 heavy (non-hydrogen) atoms. The van der Waals surface area contributed by atoms with Crippen molar-refractivity contribution in [2.24, 2.45) is 0 Å². The Bertz CT molecular complexity index is 1270. The Labute approximate surface area is 180 Å². The third-order valence-corrected chi connectivity index (χ3v) is 6.21. The second-order valence-electron chi connectivity index (χ2n) is 6.84. The standard InChI is InChI=1S/C24H16Br2N2/c25-17-12-10-16(11-13-17)24-27-22(15-6-2-1-3-7-15)20-14-21(26)18-8-4-5-9-19(18)23(20)28-24/h2,4-14H,1,3H2. The molecular weight excluding hydrogens is 476 g/mol. The molecular formula is C24H16Br2N2. The molecule has 136 valence electrons. The normalized spacial score (nSPS) is 13.9. The van der Waals surface area contributed by atoms with Crippen molar-refractivity contribution >= 4 is 59.1 Å². The Balaban J connectivity index is 1.88. The number of allylic oxidation sites excluding steroid dienone is 4. The second kappa shape index (κ2) is 7.26. The molecule has 0 spiro atoms. The molecule has 1 heterocycles. The maximum Gasteiger partial charge on any atom is 0.160 e. The molecule has 4 aromatic rings. The Morgan fingerprint density at radius 1 is 0.786 bits per heavy atom. The lowest BCUT2D eigenvalue weighted by Gasteiger charge is -2.14. The first-order valence-electron chi connectivity index (χ1n) is 9.23. The Morgan fingerprint density at radius 3 is 2.32 bits per heavy atom. The minimum atomic E-state index is 0.752. The van der Waals surface area contributed by atoms with E-state index >= 15 is 0 Å². The summed E-state index contributed by atoms with van der Waals surface area (Å²) in [6, 6.07) is 18.7. The summed E-state index contributed by atoms with van der Waals surface area (Å²) < 4.78 is 2.11. The molecule has 1 aliphatic rings. The van der Waals surface area contributed by atoms with Crippen LogP contribution in [0.5, 0.6) is 0 Å². The van der Waals surface area contributed by atoms with Gasteiger partial charge in [-0.2, -0.15) is 0 Å². The minimum Gasteiger partial charge on any atom is -0.227 e. The molecule has 0 amide bonds. The van der Waals surface area contributed by atoms with Gasteiger partial charge in [-0.25, -0.2) is 9.97 Å². The molecule has 1 aromatic heterocycles. The highest BCUT2D eigenvalue weighted by atomic mass is 79.9. The zero-order valence-electron chi connectivity index (χ0n) is 15.0. The van der Waals surface area contributed by atoms with Crippen LogP contribution in [0.4, 0.5) is 0 Å². The molecule has 0 unspecified atom stereocenters. The van der Waals surface area contributed by atoms with Crippen LogP contribution in [0.25, 0.3) is 38.6 Å². The quantitative estimate of drug-likeness (QED) is 0.268. The minimum absolute atomic E-state index is 0.752. The third kappa shape index (κ3) is 3.11. The van der Waals surface area contributed by atoms with Gasteiger partial charge in [0.2, 0.25) is 0 Å². The lowest BCUT2D eigenvalue weighted by atomic mass is 9.98. The number of fused-ring (bicyclic) bond motifs is 3. The van der Waals surface area contributed by atoms with E-state index in [1.54, 1.807) is 0 Å². The number of benzene rings is 3. The molecule has 0 aliphatic heterocycles. The highest BCUT2D eigenvalue weighted by Crippen LogP contribution is 2.36. The molecule has 0 N–H and O–H groups in total. The van der Waals surface area contributed by atoms with Gasteiger partial charge in [0, 0.05) is 25.3 Å². The van der Waals surface area contributed by atoms with Crippen molar-refractivity contribution in [2.45, 2.75) is 12.8 Å². The maximum atomic E-state index is 5.01. The van der Waals surface area contributed by atoms with Crippen LogP contribution < -0.4 is 0 Å². The van der Waals surface area contributed by atoms with Gasteiger partial charge in [0.05, 0.1) is 11.2 Å². The predicted octanol–water partition coefficient (Wildman–Crippen LogP) is 7.71. The summed E-state index contributed by atoms with van der Waals surface area (Å²) in [5.41, 5.74) is 4.16. The van der Waals surface area contributed by atoms with Crippen LogP contribution >= 0.6 is 31.9 Å². The largest absolute Gasteiger partial charge is 0.227 e. The maximum absolute atomic E-state index is 5.01. The number of aromatic nitrogens is 2. The van der Waals surface area contributed by atoms with E-state index in [0.717, 1.165) is 60.5 Å². The fourth-order valence-corrected chi connectivity index (χ4v) is 4.49. The van der Waals surface area contributed by atoms with Gasteiger partial charge in [0.15, 0.2) is 5.82 Å². The summed E-state index contributed by atoms with van der Waals surface area (Å²) in [5, 5.41) is 3.37. The van der Waals surface area contributed by atoms with E-state index in [2.05, 4.69) is 92.6 Å². The predicted molar refractivity (Wildman–Crippen MR) is 124 cm³/mol. The zero-order valence-corrected chi connectivity index (χ0v) is 18.2. The fourth-order valence-electron chi connectivity index (χ4n) is 3.65. The van der Waals surface area contributed by atoms with Gasteiger partial charge in [-0.15, -0.1) is 0 Å². The SMILES string of the molecule is Brc1ccc(-c2nc(C3=CCCC=C3)c3cc(Br)c4ccccc4c3n2)cc1. The summed E-state index contributed by atoms with van der Waals surface area (Å²) in [5.74, 6) is 0.752. The molecule has 0 saturated heterocycles. The van der Waals surface area contributed by atoms with Crippen LogP contribution in [0.2, 0.25) is 0 Å². The number of hydrogen-bond donors (Lipinski definition) is 0. The van der Waals surface area contributed by atoms with Crippen molar-refractivity contribution in [1.82, 2.24) is 9.97 Å². The monoisotopic (exact) mass is 490 g/mol. The first kappa shape index (κ1) is 17.8. The van der Waals surface area contributed by atoms with Gasteiger partial charge >= 0.3 is 0 Å². The van der Waals surface area contributed by atoms with Gasteiger partial charge in [-0.3, -0.25) is 0 Å². The number of nitrogens with zero attached hydrogens (tertiary/aromatic N) is 2. The summed E-state index contributed by atoms with van der Waals surface area (Å²) in [7, 11) is 0. The van der Waals surface area contributed by atoms with Crippen LogP contribution in [0, 0.1) is 0 Å². The molecule has 0 bridgehead atoms. The molecule has 3 aromatic carbocycles. The molecule has 5 rings (SSSR count). The van der Waals surface area contributed by atoms with Crippen molar-refractivity contribution in [3.63, 3.8) is 0 Å². The molecule has 1 aliphatic carbocycles. The van der Waals surface area contributed by atoms with E-state index in [4.69, 9.17) is 9.97 Å². The first-order chi connectivity index (χ1) is 13.7. The Kier molecular flexibility index (Phi) is 4.61. The van der Waals surface area contributed by atoms with Crippen molar-refractivity contribution in [2.75, 3.05) is 0 Å². The molecule has 0 saturated carbocycles. The van der Waals surface area contributed by atoms with Crippen LogP contribution in [0.1, 0.15) is 18.5 Å². The molecule has 0 radical (unpaired) electrons. The zero-order chi connectivity index (χ0) is 19.1. The fraction of sp³-hybridized carbons (Fsp3) is 0.0833. The van der Waals surface area contributed by atoms with E-state index in [-0.39, 0.29) is 0 Å². The van der Waals surface area contributed by atoms with Crippen molar-refractivity contribution in [3.05, 3.63) is 87.5 Å². The van der Waals surface area contributed by atoms with Crippen LogP contribution in [-0.4, -0.2) is 9.97 Å². The van der Waals surface area contributed by atoms with Gasteiger partial charge < -0.3 is 0 Å². The van der Waals surface area contributed by atoms with Crippen molar-refractivity contribution in [1.29, 1.82) is 0 Å². The van der Waals surface area contributed by atoms with Gasteiger partial charge in [-0.05, 0) is 42.0 Å². The smallest absolute Gasteiger partial charge is 0.160 e. The number of halogens is 2. The van der Waals surface area contributed by atoms with E-state index in [1.165, 1.54) is 5.57 Å². The van der Waals surface area contributed by atoms with E-state index in [1.807, 2.05) is 12.1 Å². The summed E-state index contributed by atoms with van der Waals surface area (Å²) in [6.07, 6.45) is 8.80. The lowest BCUT2D eigenvalue weighted by molar-refractivity contribution is 1.04. The van der Waals surface area contributed by atoms with E-state index in [9.17, 15) is 0 Å². The summed E-state index contributed by atoms with van der Waals surface area (Å²) >= 11 is 7.26. The highest BCUT2D eigenvalue weighted by Gasteiger charge is 2.16. The van der Waals surface area contributed by atoms with E-state index in [0.29, 0.717) is 0 Å². The highest BCUT2D eigenvalue weighted by molar-refractivity contribution is 9.11. The van der Waals surface area contributed by atoms with Gasteiger partial charge in [0.1, 0.15) is 0 Å². The molecule has 0 atom stereocenters. The average Bonchev–Trinajstić information content (AvgIpc) is 2.75. The van der Waals surface area contributed by atoms with Gasteiger partial charge in [0.25, 0.3) is 0 Å². The molecule has 0 fully saturated rings. The Morgan fingerprint density at radius 2 is 1.57 bits per heavy atom. The third-order valence-electron chi connectivity index (χ3n) is 5.03. The average molecular weight is 492 g/mol. The molecule has 4 heteroatoms. The van der Waals surface area contributed by atoms with Crippen molar-refractivity contribution in [3.8, 4) is 11.4 Å². The first-order valence-corrected chi connectivity index (χ1v) is 10.8. The lowest BCUT2D eigenvalue weighted by Crippen LogP contribution is -1.99. The van der Waals surface area contributed by atoms with Gasteiger partial charge in [-0.1, -0.05) is 86.5 Å². The van der Waals surface area contributed by atoms with Crippen molar-refractivity contribution < 1.29 is 0 Å². The number of hydrogen-bond acceptors (Lipinski definition) is 2. The van der Waals surface area contributed by atoms with Crippen LogP contribution in [0.3, 0.4) is 0 Å². The Hall–Kier alpha value is -2.30. The van der Waals surface area contributed by atoms with E-state index < -0.39 is 0 Å². The number of rotatable bonds is 2. The van der Waals surface area contributed by atoms with Crippen LogP contribution in [-0.2, 0) is 0 Å². The summed E-state index contributed by atoms with van der Waals surface area (Å²) in [4.78, 5) is 10.0. The van der Waals surface area contributed by atoms with Crippen LogP contribution in [0.15, 0.2) is 81.8 Å². The second-order valence-corrected chi connectivity index (χ2v) is 8.61. The topological polar surface area (TPSA) is 25.8 Å².